The van der Waals surface area contributed by atoms with E-state index in [0.29, 0.717) is 6.04 Å². The molecule has 0 aromatic heterocycles. The Morgan fingerprint density at radius 3 is 1.91 bits per heavy atom. The van der Waals surface area contributed by atoms with E-state index in [9.17, 15) is 0 Å². The zero-order chi connectivity index (χ0) is 7.56. The summed E-state index contributed by atoms with van der Waals surface area (Å²) in [6.07, 6.45) is 5.23. The van der Waals surface area contributed by atoms with Crippen molar-refractivity contribution in [1.82, 2.24) is 0 Å². The quantitative estimate of drug-likeness (QED) is 0.655. The van der Waals surface area contributed by atoms with Crippen molar-refractivity contribution in [2.45, 2.75) is 45.6 Å². The molecule has 0 heterocycles. The molecule has 1 rings (SSSR count). The maximum atomic E-state index is 5.80. The van der Waals surface area contributed by atoms with Crippen LogP contribution < -0.4 is 5.73 Å². The number of nitrogens with two attached hydrogens (primary N) is 1. The van der Waals surface area contributed by atoms with Gasteiger partial charge in [-0.1, -0.05) is 13.8 Å². The molecule has 0 bridgehead atoms. The molecule has 1 saturated carbocycles. The third kappa shape index (κ3) is 3.44. The summed E-state index contributed by atoms with van der Waals surface area (Å²) in [7, 11) is 0. The molecule has 68 valence electrons. The molecule has 11 heavy (non-hydrogen) atoms. The second-order valence-electron chi connectivity index (χ2n) is 3.92. The predicted octanol–water partition coefficient (Wildman–Crippen LogP) is 2.58. The highest BCUT2D eigenvalue weighted by Crippen LogP contribution is 2.28. The molecular weight excluding hydrogens is 158 g/mol. The van der Waals surface area contributed by atoms with Crippen LogP contribution in [0.5, 0.6) is 0 Å². The maximum absolute atomic E-state index is 5.80. The topological polar surface area (TPSA) is 26.0 Å². The van der Waals surface area contributed by atoms with Gasteiger partial charge in [0, 0.05) is 6.04 Å². The van der Waals surface area contributed by atoms with Crippen molar-refractivity contribution in [3.63, 3.8) is 0 Å². The highest BCUT2D eigenvalue weighted by molar-refractivity contribution is 5.85. The van der Waals surface area contributed by atoms with Crippen LogP contribution in [0.25, 0.3) is 0 Å². The maximum Gasteiger partial charge on any atom is 0.00390 e. The van der Waals surface area contributed by atoms with Crippen molar-refractivity contribution in [1.29, 1.82) is 0 Å². The first kappa shape index (κ1) is 11.2. The molecule has 0 atom stereocenters. The van der Waals surface area contributed by atoms with Crippen molar-refractivity contribution in [3.8, 4) is 0 Å². The third-order valence-electron chi connectivity index (χ3n) is 2.76. The highest BCUT2D eigenvalue weighted by Gasteiger charge is 2.20. The smallest absolute Gasteiger partial charge is 0.00390 e. The summed E-state index contributed by atoms with van der Waals surface area (Å²) in [5, 5.41) is 0. The van der Waals surface area contributed by atoms with Crippen molar-refractivity contribution in [2.24, 2.45) is 17.6 Å². The van der Waals surface area contributed by atoms with Crippen LogP contribution in [-0.4, -0.2) is 6.04 Å². The number of hydrogen-bond acceptors (Lipinski definition) is 1. The van der Waals surface area contributed by atoms with Gasteiger partial charge in [0.2, 0.25) is 0 Å². The zero-order valence-corrected chi connectivity index (χ0v) is 8.36. The van der Waals surface area contributed by atoms with Crippen LogP contribution in [0.15, 0.2) is 0 Å². The molecule has 0 aromatic carbocycles. The molecule has 0 amide bonds. The van der Waals surface area contributed by atoms with E-state index in [2.05, 4.69) is 13.8 Å². The van der Waals surface area contributed by atoms with E-state index in [1.807, 2.05) is 0 Å². The second kappa shape index (κ2) is 5.00. The molecule has 0 unspecified atom stereocenters. The van der Waals surface area contributed by atoms with Crippen molar-refractivity contribution < 1.29 is 0 Å². The van der Waals surface area contributed by atoms with Gasteiger partial charge >= 0.3 is 0 Å². The van der Waals surface area contributed by atoms with E-state index >= 15 is 0 Å². The summed E-state index contributed by atoms with van der Waals surface area (Å²) < 4.78 is 0. The molecule has 0 aliphatic heterocycles. The van der Waals surface area contributed by atoms with Gasteiger partial charge in [-0.2, -0.15) is 0 Å². The van der Waals surface area contributed by atoms with Crippen LogP contribution in [-0.2, 0) is 0 Å². The molecule has 0 spiro atoms. The normalized spacial score (nSPS) is 31.6. The lowest BCUT2D eigenvalue weighted by Crippen LogP contribution is -2.28. The molecule has 1 aliphatic rings. The standard InChI is InChI=1S/C9H19N.ClH/c1-7(2)8-3-5-9(10)6-4-8;/h7-9H,3-6,10H2,1-2H3;1H. The number of hydrogen-bond donors (Lipinski definition) is 1. The fourth-order valence-electron chi connectivity index (χ4n) is 1.81. The predicted molar refractivity (Wildman–Crippen MR) is 52.0 cm³/mol. The Labute approximate surface area is 76.1 Å². The molecule has 0 aromatic rings. The van der Waals surface area contributed by atoms with Crippen LogP contribution in [0.3, 0.4) is 0 Å². The molecule has 2 N–H and O–H groups in total. The minimum absolute atomic E-state index is 0. The van der Waals surface area contributed by atoms with Crippen molar-refractivity contribution >= 4 is 12.4 Å². The SMILES string of the molecule is CC(C)C1CCC(N)CC1.Cl. The van der Waals surface area contributed by atoms with E-state index in [-0.39, 0.29) is 12.4 Å². The van der Waals surface area contributed by atoms with Gasteiger partial charge in [0.05, 0.1) is 0 Å². The molecule has 2 heteroatoms. The Balaban J connectivity index is 0.000001000. The minimum Gasteiger partial charge on any atom is -0.328 e. The first-order valence-electron chi connectivity index (χ1n) is 4.45. The van der Waals surface area contributed by atoms with Crippen molar-refractivity contribution in [3.05, 3.63) is 0 Å². The van der Waals surface area contributed by atoms with E-state index in [0.717, 1.165) is 11.8 Å². The Morgan fingerprint density at radius 1 is 1.09 bits per heavy atom. The van der Waals surface area contributed by atoms with Gasteiger partial charge in [0.15, 0.2) is 0 Å². The van der Waals surface area contributed by atoms with Gasteiger partial charge in [0.1, 0.15) is 0 Å². The van der Waals surface area contributed by atoms with E-state index in [1.54, 1.807) is 0 Å². The Bertz CT molecular complexity index is 95.7. The zero-order valence-electron chi connectivity index (χ0n) is 7.55. The lowest BCUT2D eigenvalue weighted by molar-refractivity contribution is 0.259. The third-order valence-corrected chi connectivity index (χ3v) is 2.76. The van der Waals surface area contributed by atoms with E-state index in [4.69, 9.17) is 5.73 Å². The average Bonchev–Trinajstić information content (AvgIpc) is 1.88. The molecule has 1 nitrogen and oxygen atoms in total. The summed E-state index contributed by atoms with van der Waals surface area (Å²) in [5.74, 6) is 1.83. The van der Waals surface area contributed by atoms with Gasteiger partial charge in [-0.05, 0) is 37.5 Å². The summed E-state index contributed by atoms with van der Waals surface area (Å²) in [6.45, 7) is 4.64. The van der Waals surface area contributed by atoms with Gasteiger partial charge in [0.25, 0.3) is 0 Å². The Hall–Kier alpha value is 0.250. The molecule has 0 saturated heterocycles. The molecule has 1 aliphatic carbocycles. The lowest BCUT2D eigenvalue weighted by Gasteiger charge is -2.28. The van der Waals surface area contributed by atoms with E-state index in [1.165, 1.54) is 25.7 Å². The summed E-state index contributed by atoms with van der Waals surface area (Å²) >= 11 is 0. The Morgan fingerprint density at radius 2 is 1.55 bits per heavy atom. The fourth-order valence-corrected chi connectivity index (χ4v) is 1.81. The van der Waals surface area contributed by atoms with Crippen LogP contribution in [0.1, 0.15) is 39.5 Å². The lowest BCUT2D eigenvalue weighted by atomic mass is 9.80. The number of rotatable bonds is 1. The second-order valence-corrected chi connectivity index (χ2v) is 3.92. The van der Waals surface area contributed by atoms with Crippen LogP contribution >= 0.6 is 12.4 Å². The highest BCUT2D eigenvalue weighted by atomic mass is 35.5. The Kier molecular flexibility index (Phi) is 5.11. The largest absolute Gasteiger partial charge is 0.328 e. The first-order valence-corrected chi connectivity index (χ1v) is 4.45. The van der Waals surface area contributed by atoms with Gasteiger partial charge in [-0.15, -0.1) is 12.4 Å². The summed E-state index contributed by atoms with van der Waals surface area (Å²) in [5.41, 5.74) is 5.80. The van der Waals surface area contributed by atoms with Crippen LogP contribution in [0.4, 0.5) is 0 Å². The minimum atomic E-state index is 0. The monoisotopic (exact) mass is 177 g/mol. The van der Waals surface area contributed by atoms with Gasteiger partial charge in [-0.3, -0.25) is 0 Å². The summed E-state index contributed by atoms with van der Waals surface area (Å²) in [4.78, 5) is 0. The first-order chi connectivity index (χ1) is 4.70. The molecule has 1 fully saturated rings. The van der Waals surface area contributed by atoms with Crippen LogP contribution in [0, 0.1) is 11.8 Å². The molecular formula is C9H20ClN. The molecule has 0 radical (unpaired) electrons. The fraction of sp³-hybridized carbons (Fsp3) is 1.00. The van der Waals surface area contributed by atoms with Crippen molar-refractivity contribution in [2.75, 3.05) is 0 Å². The number of halogens is 1. The average molecular weight is 178 g/mol. The van der Waals surface area contributed by atoms with E-state index < -0.39 is 0 Å². The van der Waals surface area contributed by atoms with Crippen LogP contribution in [0.2, 0.25) is 0 Å². The van der Waals surface area contributed by atoms with Gasteiger partial charge in [-0.25, -0.2) is 0 Å². The van der Waals surface area contributed by atoms with Gasteiger partial charge < -0.3 is 5.73 Å². The summed E-state index contributed by atoms with van der Waals surface area (Å²) in [6, 6.07) is 0.509.